The molecule has 0 spiro atoms. The number of imide groups is 1. The van der Waals surface area contributed by atoms with Crippen LogP contribution in [0.1, 0.15) is 19.3 Å². The van der Waals surface area contributed by atoms with Crippen molar-refractivity contribution in [3.05, 3.63) is 24.0 Å². The molecule has 2 aromatic rings. The maximum Gasteiger partial charge on any atom is 0.235 e. The molecule has 0 radical (unpaired) electrons. The Morgan fingerprint density at radius 3 is 2.58 bits per heavy atom. The van der Waals surface area contributed by atoms with Crippen molar-refractivity contribution in [3.8, 4) is 0 Å². The number of aromatic nitrogens is 2. The van der Waals surface area contributed by atoms with E-state index in [1.807, 2.05) is 0 Å². The summed E-state index contributed by atoms with van der Waals surface area (Å²) < 4.78 is 15.1. The van der Waals surface area contributed by atoms with Crippen LogP contribution < -0.4 is 4.90 Å². The Morgan fingerprint density at radius 1 is 1.21 bits per heavy atom. The van der Waals surface area contributed by atoms with Crippen molar-refractivity contribution >= 4 is 28.5 Å². The Morgan fingerprint density at radius 2 is 1.89 bits per heavy atom. The molecule has 2 heterocycles. The van der Waals surface area contributed by atoms with Gasteiger partial charge in [-0.05, 0) is 18.6 Å². The van der Waals surface area contributed by atoms with Crippen LogP contribution >= 0.6 is 0 Å². The smallest absolute Gasteiger partial charge is 0.235 e. The number of carbonyl (C=O) groups is 2. The van der Waals surface area contributed by atoms with E-state index in [0.717, 1.165) is 4.90 Å². The third-order valence-electron chi connectivity index (χ3n) is 3.29. The molecule has 0 unspecified atom stereocenters. The van der Waals surface area contributed by atoms with Crippen molar-refractivity contribution in [2.75, 3.05) is 4.90 Å². The molecule has 1 aliphatic rings. The monoisotopic (exact) mass is 261 g/mol. The number of hydrogen-bond acceptors (Lipinski definition) is 3. The largest absolute Gasteiger partial charge is 0.274 e. The SMILES string of the molecule is Cn1nc(N2C(=O)CCCC2=O)c2cccc(F)c21. The van der Waals surface area contributed by atoms with Crippen molar-refractivity contribution in [1.29, 1.82) is 0 Å². The minimum atomic E-state index is -0.421. The molecule has 6 heteroatoms. The standard InChI is InChI=1S/C13H12FN3O2/c1-16-12-8(4-2-5-9(12)14)13(15-16)17-10(18)6-3-7-11(17)19/h2,4-5H,3,6-7H2,1H3. The van der Waals surface area contributed by atoms with Gasteiger partial charge in [-0.25, -0.2) is 9.29 Å². The minimum absolute atomic E-state index is 0.228. The molecule has 1 aromatic carbocycles. The number of halogens is 1. The number of benzene rings is 1. The Hall–Kier alpha value is -2.24. The van der Waals surface area contributed by atoms with Crippen molar-refractivity contribution in [2.45, 2.75) is 19.3 Å². The Kier molecular flexibility index (Phi) is 2.58. The Bertz CT molecular complexity index is 676. The predicted octanol–water partition coefficient (Wildman–Crippen LogP) is 1.76. The molecule has 0 bridgehead atoms. The second-order valence-electron chi connectivity index (χ2n) is 4.56. The molecule has 2 amide bonds. The van der Waals surface area contributed by atoms with Crippen LogP contribution in [0.5, 0.6) is 0 Å². The minimum Gasteiger partial charge on any atom is -0.274 e. The second-order valence-corrected chi connectivity index (χ2v) is 4.56. The fourth-order valence-corrected chi connectivity index (χ4v) is 2.43. The highest BCUT2D eigenvalue weighted by Crippen LogP contribution is 2.30. The predicted molar refractivity (Wildman–Crippen MR) is 67.0 cm³/mol. The molecule has 0 saturated carbocycles. The van der Waals surface area contributed by atoms with E-state index < -0.39 is 5.82 Å². The maximum atomic E-state index is 13.8. The van der Waals surface area contributed by atoms with Gasteiger partial charge in [0.15, 0.2) is 5.82 Å². The number of hydrogen-bond donors (Lipinski definition) is 0. The molecule has 0 atom stereocenters. The van der Waals surface area contributed by atoms with Crippen LogP contribution in [0.25, 0.3) is 10.9 Å². The molecule has 98 valence electrons. The first kappa shape index (κ1) is 11.8. The molecule has 1 fully saturated rings. The van der Waals surface area contributed by atoms with Gasteiger partial charge >= 0.3 is 0 Å². The van der Waals surface area contributed by atoms with Crippen LogP contribution in [0.15, 0.2) is 18.2 Å². The highest BCUT2D eigenvalue weighted by molar-refractivity contribution is 6.19. The van der Waals surface area contributed by atoms with Gasteiger partial charge in [0, 0.05) is 25.3 Å². The normalized spacial score (nSPS) is 16.4. The summed E-state index contributed by atoms with van der Waals surface area (Å²) in [5.74, 6) is -0.747. The van der Waals surface area contributed by atoms with Crippen LogP contribution in [-0.4, -0.2) is 21.6 Å². The molecular weight excluding hydrogens is 249 g/mol. The van der Waals surface area contributed by atoms with Gasteiger partial charge in [-0.2, -0.15) is 5.10 Å². The molecule has 1 aromatic heterocycles. The van der Waals surface area contributed by atoms with Crippen molar-refractivity contribution in [2.24, 2.45) is 7.05 Å². The number of para-hydroxylation sites is 1. The lowest BCUT2D eigenvalue weighted by Crippen LogP contribution is -2.40. The average molecular weight is 261 g/mol. The Labute approximate surface area is 108 Å². The zero-order valence-electron chi connectivity index (χ0n) is 10.4. The number of amides is 2. The van der Waals surface area contributed by atoms with Crippen LogP contribution in [0.3, 0.4) is 0 Å². The highest BCUT2D eigenvalue weighted by atomic mass is 19.1. The summed E-state index contributed by atoms with van der Waals surface area (Å²) in [6, 6.07) is 4.53. The fourth-order valence-electron chi connectivity index (χ4n) is 2.43. The lowest BCUT2D eigenvalue weighted by atomic mass is 10.1. The van der Waals surface area contributed by atoms with E-state index in [0.29, 0.717) is 30.2 Å². The summed E-state index contributed by atoms with van der Waals surface area (Å²) in [5, 5.41) is 4.61. The first-order valence-electron chi connectivity index (χ1n) is 6.06. The van der Waals surface area contributed by atoms with Crippen LogP contribution in [0, 0.1) is 5.82 Å². The molecule has 19 heavy (non-hydrogen) atoms. The molecule has 0 aliphatic carbocycles. The summed E-state index contributed by atoms with van der Waals surface area (Å²) >= 11 is 0. The summed E-state index contributed by atoms with van der Waals surface area (Å²) in [4.78, 5) is 24.9. The zero-order chi connectivity index (χ0) is 13.6. The maximum absolute atomic E-state index is 13.8. The summed E-state index contributed by atoms with van der Waals surface area (Å²) in [5.41, 5.74) is 0.295. The van der Waals surface area contributed by atoms with Crippen molar-refractivity contribution in [1.82, 2.24) is 9.78 Å². The van der Waals surface area contributed by atoms with Gasteiger partial charge in [-0.15, -0.1) is 0 Å². The van der Waals surface area contributed by atoms with Gasteiger partial charge in [0.05, 0.1) is 0 Å². The summed E-state index contributed by atoms with van der Waals surface area (Å²) in [6.07, 6.45) is 1.20. The van der Waals surface area contributed by atoms with E-state index in [2.05, 4.69) is 5.10 Å². The lowest BCUT2D eigenvalue weighted by molar-refractivity contribution is -0.129. The van der Waals surface area contributed by atoms with Gasteiger partial charge in [0.25, 0.3) is 0 Å². The number of piperidine rings is 1. The van der Waals surface area contributed by atoms with E-state index in [4.69, 9.17) is 0 Å². The summed E-state index contributed by atoms with van der Waals surface area (Å²) in [6.45, 7) is 0. The van der Waals surface area contributed by atoms with Crippen LogP contribution in [0.2, 0.25) is 0 Å². The van der Waals surface area contributed by atoms with Gasteiger partial charge in [-0.1, -0.05) is 6.07 Å². The summed E-state index contributed by atoms with van der Waals surface area (Å²) in [7, 11) is 1.59. The first-order chi connectivity index (χ1) is 9.09. The molecule has 5 nitrogen and oxygen atoms in total. The molecule has 1 aliphatic heterocycles. The van der Waals surface area contributed by atoms with Crippen molar-refractivity contribution in [3.63, 3.8) is 0 Å². The average Bonchev–Trinajstić information content (AvgIpc) is 2.68. The third kappa shape index (κ3) is 1.71. The van der Waals surface area contributed by atoms with E-state index in [1.54, 1.807) is 19.2 Å². The first-order valence-corrected chi connectivity index (χ1v) is 6.06. The van der Waals surface area contributed by atoms with E-state index in [-0.39, 0.29) is 17.6 Å². The van der Waals surface area contributed by atoms with Gasteiger partial charge in [0.1, 0.15) is 11.3 Å². The number of rotatable bonds is 1. The fraction of sp³-hybridized carbons (Fsp3) is 0.308. The number of aryl methyl sites for hydroxylation is 1. The highest BCUT2D eigenvalue weighted by Gasteiger charge is 2.31. The van der Waals surface area contributed by atoms with Crippen LogP contribution in [0.4, 0.5) is 10.2 Å². The number of nitrogens with zero attached hydrogens (tertiary/aromatic N) is 3. The number of anilines is 1. The quantitative estimate of drug-likeness (QED) is 0.735. The number of fused-ring (bicyclic) bond motifs is 1. The Balaban J connectivity index is 2.23. The zero-order valence-corrected chi connectivity index (χ0v) is 10.4. The van der Waals surface area contributed by atoms with Gasteiger partial charge in [-0.3, -0.25) is 14.3 Å². The van der Waals surface area contributed by atoms with E-state index in [1.165, 1.54) is 10.7 Å². The van der Waals surface area contributed by atoms with Gasteiger partial charge in [0.2, 0.25) is 11.8 Å². The van der Waals surface area contributed by atoms with E-state index in [9.17, 15) is 14.0 Å². The number of carbonyl (C=O) groups excluding carboxylic acids is 2. The molecular formula is C13H12FN3O2. The van der Waals surface area contributed by atoms with Gasteiger partial charge < -0.3 is 0 Å². The molecule has 1 saturated heterocycles. The molecule has 0 N–H and O–H groups in total. The lowest BCUT2D eigenvalue weighted by Gasteiger charge is -2.22. The third-order valence-corrected chi connectivity index (χ3v) is 3.29. The topological polar surface area (TPSA) is 55.2 Å². The second kappa shape index (κ2) is 4.15. The molecule has 3 rings (SSSR count). The van der Waals surface area contributed by atoms with Crippen molar-refractivity contribution < 1.29 is 14.0 Å². The van der Waals surface area contributed by atoms with Crippen LogP contribution in [-0.2, 0) is 16.6 Å². The van der Waals surface area contributed by atoms with E-state index >= 15 is 0 Å².